The average molecular weight is 456 g/mol. The number of carboxylic acid groups (broad SMARTS) is 3. The zero-order chi connectivity index (χ0) is 24.3. The van der Waals surface area contributed by atoms with E-state index in [-0.39, 0.29) is 6.42 Å². The minimum atomic E-state index is -1.70. The molecule has 1 rings (SSSR count). The van der Waals surface area contributed by atoms with Gasteiger partial charge in [0.15, 0.2) is 0 Å². The lowest BCUT2D eigenvalue weighted by Crippen LogP contribution is -2.57. The van der Waals surface area contributed by atoms with Crippen LogP contribution in [0.5, 0.6) is 0 Å². The van der Waals surface area contributed by atoms with Gasteiger partial charge in [0, 0.05) is 24.7 Å². The van der Waals surface area contributed by atoms with Crippen molar-refractivity contribution >= 4 is 35.6 Å². The molecule has 0 saturated carbocycles. The van der Waals surface area contributed by atoms with Crippen LogP contribution >= 0.6 is 0 Å². The Morgan fingerprint density at radius 2 is 1.56 bits per heavy atom. The lowest BCUT2D eigenvalue weighted by atomic mass is 10.1. The summed E-state index contributed by atoms with van der Waals surface area (Å²) in [6.07, 6.45) is 0.707. The Morgan fingerprint density at radius 1 is 0.938 bits per heavy atom. The average Bonchev–Trinajstić information content (AvgIpc) is 3.22. The molecule has 3 unspecified atom stereocenters. The van der Waals surface area contributed by atoms with Crippen LogP contribution in [0.2, 0.25) is 0 Å². The molecular weight excluding hydrogens is 432 g/mol. The van der Waals surface area contributed by atoms with Crippen LogP contribution in [0.25, 0.3) is 0 Å². The first-order chi connectivity index (χ1) is 15.0. The highest BCUT2D eigenvalue weighted by Gasteiger charge is 2.31. The second-order valence-electron chi connectivity index (χ2n) is 6.60. The fraction of sp³-hybridized carbons (Fsp3) is 0.471. The van der Waals surface area contributed by atoms with E-state index >= 15 is 0 Å². The number of nitrogens with zero attached hydrogens (tertiary/aromatic N) is 1. The van der Waals surface area contributed by atoms with Crippen molar-refractivity contribution in [1.29, 1.82) is 0 Å². The van der Waals surface area contributed by atoms with Gasteiger partial charge in [-0.25, -0.2) is 9.78 Å². The van der Waals surface area contributed by atoms with E-state index in [2.05, 4.69) is 20.6 Å². The quantitative estimate of drug-likeness (QED) is 0.138. The third-order valence-electron chi connectivity index (χ3n) is 4.09. The minimum Gasteiger partial charge on any atom is -0.481 e. The molecule has 0 aliphatic rings. The highest BCUT2D eigenvalue weighted by atomic mass is 16.4. The molecule has 3 atom stereocenters. The van der Waals surface area contributed by atoms with Gasteiger partial charge in [0.1, 0.15) is 18.1 Å². The highest BCUT2D eigenvalue weighted by molar-refractivity contribution is 5.95. The van der Waals surface area contributed by atoms with Gasteiger partial charge in [-0.2, -0.15) is 0 Å². The van der Waals surface area contributed by atoms with Crippen LogP contribution in [0.4, 0.5) is 0 Å². The van der Waals surface area contributed by atoms with Crippen molar-refractivity contribution in [3.8, 4) is 0 Å². The van der Waals surface area contributed by atoms with Crippen LogP contribution in [0, 0.1) is 0 Å². The van der Waals surface area contributed by atoms with Gasteiger partial charge in [-0.05, 0) is 6.42 Å². The first-order valence-corrected chi connectivity index (χ1v) is 9.27. The standard InChI is InChI=1S/C17H24N6O9/c18-5-12(24)21-10(3-8-6-19-7-20-8)15(29)23-11(4-14(27)28)16(30)22-9(17(31)32)1-2-13(25)26/h6-7,9-11H,1-5,18H2,(H,19,20)(H,21,24)(H,22,30)(H,23,29)(H,25,26)(H,27,28)(H,31,32). The molecule has 15 heteroatoms. The first kappa shape index (κ1) is 26.0. The summed E-state index contributed by atoms with van der Waals surface area (Å²) in [5.74, 6) is -7.07. The van der Waals surface area contributed by atoms with Gasteiger partial charge >= 0.3 is 17.9 Å². The summed E-state index contributed by atoms with van der Waals surface area (Å²) >= 11 is 0. The molecule has 0 aliphatic carbocycles. The third-order valence-corrected chi connectivity index (χ3v) is 4.09. The van der Waals surface area contributed by atoms with E-state index in [1.54, 1.807) is 0 Å². The van der Waals surface area contributed by atoms with Crippen molar-refractivity contribution in [2.24, 2.45) is 5.73 Å². The molecular formula is C17H24N6O9. The molecule has 3 amide bonds. The van der Waals surface area contributed by atoms with E-state index in [0.29, 0.717) is 5.69 Å². The molecule has 0 saturated heterocycles. The Kier molecular flexibility index (Phi) is 10.3. The van der Waals surface area contributed by atoms with Gasteiger partial charge in [-0.3, -0.25) is 24.0 Å². The number of amides is 3. The Morgan fingerprint density at radius 3 is 2.06 bits per heavy atom. The van der Waals surface area contributed by atoms with Crippen molar-refractivity contribution in [3.63, 3.8) is 0 Å². The van der Waals surface area contributed by atoms with E-state index in [1.807, 2.05) is 5.32 Å². The van der Waals surface area contributed by atoms with Gasteiger partial charge in [-0.1, -0.05) is 0 Å². The van der Waals surface area contributed by atoms with E-state index in [4.69, 9.17) is 21.1 Å². The minimum absolute atomic E-state index is 0.0880. The number of hydrogen-bond acceptors (Lipinski definition) is 8. The number of hydrogen-bond donors (Lipinski definition) is 8. The first-order valence-electron chi connectivity index (χ1n) is 9.27. The Bertz CT molecular complexity index is 842. The topological polar surface area (TPSA) is 254 Å². The van der Waals surface area contributed by atoms with Crippen LogP contribution in [0.1, 0.15) is 25.0 Å². The number of nitrogens with one attached hydrogen (secondary N) is 4. The van der Waals surface area contributed by atoms with E-state index in [9.17, 15) is 28.8 Å². The second-order valence-corrected chi connectivity index (χ2v) is 6.60. The number of carboxylic acids is 3. The zero-order valence-corrected chi connectivity index (χ0v) is 16.7. The molecule has 1 aromatic rings. The summed E-state index contributed by atoms with van der Waals surface area (Å²) in [4.78, 5) is 76.4. The van der Waals surface area contributed by atoms with Gasteiger partial charge in [0.2, 0.25) is 17.7 Å². The molecule has 176 valence electrons. The monoisotopic (exact) mass is 456 g/mol. The van der Waals surface area contributed by atoms with Crippen molar-refractivity contribution in [2.75, 3.05) is 6.54 Å². The predicted molar refractivity (Wildman–Crippen MR) is 104 cm³/mol. The molecule has 1 heterocycles. The number of rotatable bonds is 14. The molecule has 1 aromatic heterocycles. The SMILES string of the molecule is NCC(=O)NC(Cc1cnc[nH]1)C(=O)NC(CC(=O)O)C(=O)NC(CCC(=O)O)C(=O)O. The molecule has 0 aliphatic heterocycles. The van der Waals surface area contributed by atoms with Crippen LogP contribution in [0.3, 0.4) is 0 Å². The van der Waals surface area contributed by atoms with Crippen molar-refractivity contribution in [1.82, 2.24) is 25.9 Å². The lowest BCUT2D eigenvalue weighted by molar-refractivity contribution is -0.144. The van der Waals surface area contributed by atoms with E-state index in [1.165, 1.54) is 12.5 Å². The summed E-state index contributed by atoms with van der Waals surface area (Å²) in [5.41, 5.74) is 5.68. The van der Waals surface area contributed by atoms with Crippen LogP contribution in [0.15, 0.2) is 12.5 Å². The number of aliphatic carboxylic acids is 3. The zero-order valence-electron chi connectivity index (χ0n) is 16.7. The Hall–Kier alpha value is -4.01. The molecule has 0 radical (unpaired) electrons. The van der Waals surface area contributed by atoms with Crippen LogP contribution in [-0.4, -0.2) is 85.6 Å². The summed E-state index contributed by atoms with van der Waals surface area (Å²) in [7, 11) is 0. The lowest BCUT2D eigenvalue weighted by Gasteiger charge is -2.23. The van der Waals surface area contributed by atoms with Gasteiger partial charge in [0.25, 0.3) is 0 Å². The van der Waals surface area contributed by atoms with Gasteiger partial charge < -0.3 is 42.0 Å². The van der Waals surface area contributed by atoms with Crippen LogP contribution < -0.4 is 21.7 Å². The molecule has 0 aromatic carbocycles. The molecule has 0 fully saturated rings. The maximum atomic E-state index is 12.7. The largest absolute Gasteiger partial charge is 0.481 e. The number of aromatic nitrogens is 2. The van der Waals surface area contributed by atoms with E-state index in [0.717, 1.165) is 0 Å². The highest BCUT2D eigenvalue weighted by Crippen LogP contribution is 2.04. The summed E-state index contributed by atoms with van der Waals surface area (Å²) < 4.78 is 0. The number of nitrogens with two attached hydrogens (primary N) is 1. The second kappa shape index (κ2) is 12.6. The van der Waals surface area contributed by atoms with Gasteiger partial charge in [0.05, 0.1) is 19.3 Å². The van der Waals surface area contributed by atoms with Gasteiger partial charge in [-0.15, -0.1) is 0 Å². The van der Waals surface area contributed by atoms with Crippen molar-refractivity contribution in [2.45, 2.75) is 43.8 Å². The fourth-order valence-corrected chi connectivity index (χ4v) is 2.53. The molecule has 9 N–H and O–H groups in total. The molecule has 32 heavy (non-hydrogen) atoms. The van der Waals surface area contributed by atoms with Crippen molar-refractivity contribution < 1.29 is 44.1 Å². The predicted octanol–water partition coefficient (Wildman–Crippen LogP) is -3.21. The van der Waals surface area contributed by atoms with Crippen LogP contribution in [-0.2, 0) is 35.2 Å². The number of aromatic amines is 1. The molecule has 0 spiro atoms. The maximum absolute atomic E-state index is 12.7. The fourth-order valence-electron chi connectivity index (χ4n) is 2.53. The number of carbonyl (C=O) groups excluding carboxylic acids is 3. The number of imidazole rings is 1. The molecule has 15 nitrogen and oxygen atoms in total. The summed E-state index contributed by atoms with van der Waals surface area (Å²) in [6.45, 7) is -0.435. The van der Waals surface area contributed by atoms with Crippen molar-refractivity contribution in [3.05, 3.63) is 18.2 Å². The third kappa shape index (κ3) is 9.21. The summed E-state index contributed by atoms with van der Waals surface area (Å²) in [5, 5.41) is 33.4. The maximum Gasteiger partial charge on any atom is 0.326 e. The summed E-state index contributed by atoms with van der Waals surface area (Å²) in [6, 6.07) is -4.58. The molecule has 0 bridgehead atoms. The van der Waals surface area contributed by atoms with E-state index < -0.39 is 79.6 Å². The number of carbonyl (C=O) groups is 6. The Labute approximate surface area is 180 Å². The number of H-pyrrole nitrogens is 1. The normalized spacial score (nSPS) is 13.3. The Balaban J connectivity index is 2.97. The smallest absolute Gasteiger partial charge is 0.326 e.